The number of rotatable bonds is 1. The molecular weight excluding hydrogens is 201 g/mol. The van der Waals surface area contributed by atoms with Crippen molar-refractivity contribution in [3.05, 3.63) is 0 Å². The number of hydrogen-bond donors (Lipinski definition) is 2. The van der Waals surface area contributed by atoms with Gasteiger partial charge < -0.3 is 47.4 Å². The van der Waals surface area contributed by atoms with Crippen molar-refractivity contribution in [1.29, 1.82) is 0 Å². The molecule has 0 saturated heterocycles. The summed E-state index contributed by atoms with van der Waals surface area (Å²) in [4.78, 5) is 0. The van der Waals surface area contributed by atoms with E-state index in [4.69, 9.17) is 10.2 Å². The predicted molar refractivity (Wildman–Crippen MR) is 24.5 cm³/mol. The Labute approximate surface area is 84.4 Å². The van der Waals surface area contributed by atoms with E-state index in [1.54, 1.807) is 0 Å². The molecule has 0 aromatic rings. The molecule has 0 heterocycles. The fourth-order valence-electron chi connectivity index (χ4n) is 0. The van der Waals surface area contributed by atoms with Crippen LogP contribution in [0, 0.1) is 0 Å². The Morgan fingerprint density at radius 2 is 1.33 bits per heavy atom. The molecule has 0 fully saturated rings. The van der Waals surface area contributed by atoms with Crippen molar-refractivity contribution >= 4 is 17.4 Å². The zero-order valence-electron chi connectivity index (χ0n) is 4.89. The Morgan fingerprint density at radius 3 is 1.33 bits per heavy atom. The second-order valence-corrected chi connectivity index (χ2v) is 1.03. The smallest absolute Gasteiger partial charge is 1.00 e. The summed E-state index contributed by atoms with van der Waals surface area (Å²) in [7, 11) is 0. The average Bonchev–Trinajstić information content (AvgIpc) is 1.38. The third-order valence-electron chi connectivity index (χ3n) is 0.264. The minimum atomic E-state index is -0.560. The van der Waals surface area contributed by atoms with Crippen molar-refractivity contribution < 1.29 is 47.4 Å². The molecule has 0 bridgehead atoms. The van der Waals surface area contributed by atoms with Crippen LogP contribution >= 0.6 is 0 Å². The van der Waals surface area contributed by atoms with Crippen LogP contribution in [-0.2, 0) is 0 Å². The van der Waals surface area contributed by atoms with E-state index in [1.807, 2.05) is 0 Å². The van der Waals surface area contributed by atoms with Gasteiger partial charge in [0.15, 0.2) is 0 Å². The van der Waals surface area contributed by atoms with Crippen LogP contribution < -0.4 is 37.2 Å². The minimum Gasteiger partial charge on any atom is -1.00 e. The molecule has 0 spiro atoms. The standard InChI is InChI=1S/C3H8O2.Al.3ClH/c1-3(5)2-4;;;;/h3-5H,2H2,1H3;;3*1H/q;+3;;;/p-3. The normalized spacial score (nSPS) is 8.33. The van der Waals surface area contributed by atoms with Gasteiger partial charge in [0.25, 0.3) is 0 Å². The number of aliphatic hydroxyl groups excluding tert-OH is 2. The van der Waals surface area contributed by atoms with Gasteiger partial charge in [0, 0.05) is 0 Å². The summed E-state index contributed by atoms with van der Waals surface area (Å²) in [5, 5.41) is 16.0. The molecule has 0 aromatic carbocycles. The molecule has 1 unspecified atom stereocenters. The molecule has 0 saturated carbocycles. The van der Waals surface area contributed by atoms with E-state index < -0.39 is 6.10 Å². The van der Waals surface area contributed by atoms with Crippen LogP contribution in [0.5, 0.6) is 0 Å². The zero-order chi connectivity index (χ0) is 4.28. The Kier molecular flexibility index (Phi) is 80.2. The van der Waals surface area contributed by atoms with Crippen LogP contribution in [0.1, 0.15) is 6.92 Å². The van der Waals surface area contributed by atoms with E-state index in [0.29, 0.717) is 0 Å². The molecule has 0 aliphatic carbocycles. The van der Waals surface area contributed by atoms with E-state index in [-0.39, 0.29) is 61.2 Å². The Bertz CT molecular complexity index is 31.0. The van der Waals surface area contributed by atoms with Crippen molar-refractivity contribution in [2.45, 2.75) is 13.0 Å². The molecule has 0 aromatic heterocycles. The van der Waals surface area contributed by atoms with E-state index in [1.165, 1.54) is 6.92 Å². The summed E-state index contributed by atoms with van der Waals surface area (Å²) in [6, 6.07) is 0. The van der Waals surface area contributed by atoms with Crippen molar-refractivity contribution in [2.24, 2.45) is 0 Å². The molecule has 0 aliphatic rings. The van der Waals surface area contributed by atoms with Crippen molar-refractivity contribution in [3.63, 3.8) is 0 Å². The molecule has 0 amide bonds. The molecule has 1 atom stereocenters. The summed E-state index contributed by atoms with van der Waals surface area (Å²) < 4.78 is 0. The quantitative estimate of drug-likeness (QED) is 0.421. The first-order chi connectivity index (χ1) is 2.27. The van der Waals surface area contributed by atoms with Gasteiger partial charge in [-0.3, -0.25) is 0 Å². The van der Waals surface area contributed by atoms with Gasteiger partial charge in [0.1, 0.15) is 0 Å². The second-order valence-electron chi connectivity index (χ2n) is 1.03. The van der Waals surface area contributed by atoms with Crippen molar-refractivity contribution in [3.8, 4) is 0 Å². The largest absolute Gasteiger partial charge is 3.00 e. The maximum atomic E-state index is 8.11. The number of hydrogen-bond acceptors (Lipinski definition) is 2. The van der Waals surface area contributed by atoms with Gasteiger partial charge in [-0.05, 0) is 6.92 Å². The molecule has 2 N–H and O–H groups in total. The van der Waals surface area contributed by atoms with Gasteiger partial charge >= 0.3 is 17.4 Å². The van der Waals surface area contributed by atoms with Crippen LogP contribution in [0.15, 0.2) is 0 Å². The van der Waals surface area contributed by atoms with Crippen LogP contribution in [0.25, 0.3) is 0 Å². The monoisotopic (exact) mass is 208 g/mol. The van der Waals surface area contributed by atoms with Crippen LogP contribution in [0.3, 0.4) is 0 Å². The molecule has 0 rings (SSSR count). The maximum Gasteiger partial charge on any atom is 3.00 e. The van der Waals surface area contributed by atoms with Gasteiger partial charge in [0.05, 0.1) is 12.7 Å². The van der Waals surface area contributed by atoms with Crippen LogP contribution in [0.2, 0.25) is 0 Å². The van der Waals surface area contributed by atoms with Crippen LogP contribution in [-0.4, -0.2) is 40.3 Å². The molecule has 0 radical (unpaired) electrons. The average molecular weight is 209 g/mol. The molecule has 56 valence electrons. The maximum absolute atomic E-state index is 8.11. The van der Waals surface area contributed by atoms with Gasteiger partial charge in [-0.1, -0.05) is 0 Å². The van der Waals surface area contributed by atoms with Crippen LogP contribution in [0.4, 0.5) is 0 Å². The minimum absolute atomic E-state index is 0. The van der Waals surface area contributed by atoms with E-state index in [9.17, 15) is 0 Å². The Balaban J connectivity index is -0.0000000133. The van der Waals surface area contributed by atoms with E-state index in [0.717, 1.165) is 0 Å². The summed E-state index contributed by atoms with van der Waals surface area (Å²) >= 11 is 0. The van der Waals surface area contributed by atoms with Gasteiger partial charge in [-0.2, -0.15) is 0 Å². The summed E-state index contributed by atoms with van der Waals surface area (Å²) in [5.41, 5.74) is 0. The van der Waals surface area contributed by atoms with E-state index in [2.05, 4.69) is 0 Å². The molecule has 6 heteroatoms. The first kappa shape index (κ1) is 31.7. The third kappa shape index (κ3) is 45.3. The molecule has 0 aliphatic heterocycles. The third-order valence-corrected chi connectivity index (χ3v) is 0.264. The van der Waals surface area contributed by atoms with Gasteiger partial charge in [-0.15, -0.1) is 0 Å². The SMILES string of the molecule is CC(O)CO.[Al+3].[Cl-].[Cl-].[Cl-]. The predicted octanol–water partition coefficient (Wildman–Crippen LogP) is -10.0. The fraction of sp³-hybridized carbons (Fsp3) is 1.00. The summed E-state index contributed by atoms with van der Waals surface area (Å²) in [6.45, 7) is 1.39. The molecular formula is C3H8AlCl3O2. The summed E-state index contributed by atoms with van der Waals surface area (Å²) in [5.74, 6) is 0. The Morgan fingerprint density at radius 1 is 1.22 bits per heavy atom. The fourth-order valence-corrected chi connectivity index (χ4v) is 0. The topological polar surface area (TPSA) is 40.5 Å². The molecule has 2 nitrogen and oxygen atoms in total. The van der Waals surface area contributed by atoms with Gasteiger partial charge in [0.2, 0.25) is 0 Å². The second kappa shape index (κ2) is 22.8. The zero-order valence-corrected chi connectivity index (χ0v) is 8.31. The van der Waals surface area contributed by atoms with E-state index >= 15 is 0 Å². The van der Waals surface area contributed by atoms with Crippen molar-refractivity contribution in [2.75, 3.05) is 6.61 Å². The molecule has 9 heavy (non-hydrogen) atoms. The van der Waals surface area contributed by atoms with Crippen molar-refractivity contribution in [1.82, 2.24) is 0 Å². The Hall–Kier alpha value is 1.32. The number of aliphatic hydroxyl groups is 2. The number of halogens is 3. The summed E-state index contributed by atoms with van der Waals surface area (Å²) in [6.07, 6.45) is -0.560. The first-order valence-corrected chi connectivity index (χ1v) is 1.56. The van der Waals surface area contributed by atoms with Gasteiger partial charge in [-0.25, -0.2) is 0 Å². The first-order valence-electron chi connectivity index (χ1n) is 1.56.